The van der Waals surface area contributed by atoms with Crippen molar-refractivity contribution in [2.24, 2.45) is 5.92 Å². The number of aromatic nitrogens is 2. The van der Waals surface area contributed by atoms with Crippen LogP contribution < -0.4 is 16.0 Å². The third kappa shape index (κ3) is 3.54. The maximum atomic E-state index is 13.4. The SMILES string of the molecule is CCOC(=O)C1=C(C(=O)OC)C(C)C(C)Oc2[nH]c(=O)n(-c3ccccc3)c(=O)c21. The highest BCUT2D eigenvalue weighted by molar-refractivity contribution is 6.23. The minimum atomic E-state index is -0.882. The second-order valence-electron chi connectivity index (χ2n) is 6.72. The maximum Gasteiger partial charge on any atom is 0.339 e. The first-order chi connectivity index (χ1) is 14.3. The number of carbonyl (C=O) groups excluding carboxylic acids is 2. The summed E-state index contributed by atoms with van der Waals surface area (Å²) in [5.74, 6) is -2.49. The smallest absolute Gasteiger partial charge is 0.339 e. The van der Waals surface area contributed by atoms with Gasteiger partial charge in [-0.25, -0.2) is 19.0 Å². The summed E-state index contributed by atoms with van der Waals surface area (Å²) < 4.78 is 16.7. The van der Waals surface area contributed by atoms with Crippen LogP contribution in [0.25, 0.3) is 11.3 Å². The molecule has 0 spiro atoms. The lowest BCUT2D eigenvalue weighted by Gasteiger charge is -2.20. The van der Waals surface area contributed by atoms with Crippen molar-refractivity contribution in [3.05, 3.63) is 62.3 Å². The Balaban J connectivity index is 2.46. The fourth-order valence-corrected chi connectivity index (χ4v) is 3.34. The molecule has 1 aliphatic rings. The monoisotopic (exact) mass is 414 g/mol. The van der Waals surface area contributed by atoms with Crippen molar-refractivity contribution in [3.8, 4) is 11.6 Å². The van der Waals surface area contributed by atoms with E-state index in [2.05, 4.69) is 4.98 Å². The van der Waals surface area contributed by atoms with Crippen molar-refractivity contribution in [1.29, 1.82) is 0 Å². The Morgan fingerprint density at radius 2 is 1.80 bits per heavy atom. The fraction of sp³-hybridized carbons (Fsp3) is 0.333. The summed E-state index contributed by atoms with van der Waals surface area (Å²) in [4.78, 5) is 54.2. The number of hydrogen-bond acceptors (Lipinski definition) is 7. The van der Waals surface area contributed by atoms with Gasteiger partial charge in [-0.05, 0) is 26.0 Å². The molecule has 30 heavy (non-hydrogen) atoms. The summed E-state index contributed by atoms with van der Waals surface area (Å²) in [6, 6.07) is 8.20. The average Bonchev–Trinajstić information content (AvgIpc) is 2.83. The molecule has 0 saturated carbocycles. The first-order valence-corrected chi connectivity index (χ1v) is 9.43. The Kier molecular flexibility index (Phi) is 5.91. The molecule has 0 radical (unpaired) electrons. The minimum Gasteiger partial charge on any atom is -0.475 e. The molecule has 1 N–H and O–H groups in total. The number of esters is 2. The Bertz CT molecular complexity index is 1130. The van der Waals surface area contributed by atoms with E-state index >= 15 is 0 Å². The number of rotatable bonds is 4. The molecule has 158 valence electrons. The van der Waals surface area contributed by atoms with Crippen molar-refractivity contribution in [3.63, 3.8) is 0 Å². The van der Waals surface area contributed by atoms with E-state index in [0.717, 1.165) is 4.57 Å². The largest absolute Gasteiger partial charge is 0.475 e. The first kappa shape index (κ1) is 21.1. The number of methoxy groups -OCH3 is 1. The summed E-state index contributed by atoms with van der Waals surface area (Å²) >= 11 is 0. The van der Waals surface area contributed by atoms with E-state index in [4.69, 9.17) is 14.2 Å². The molecular weight excluding hydrogens is 392 g/mol. The average molecular weight is 414 g/mol. The molecule has 0 aliphatic carbocycles. The second-order valence-corrected chi connectivity index (χ2v) is 6.72. The lowest BCUT2D eigenvalue weighted by molar-refractivity contribution is -0.139. The molecule has 2 aromatic rings. The summed E-state index contributed by atoms with van der Waals surface area (Å²) in [6.07, 6.45) is -0.646. The van der Waals surface area contributed by atoms with E-state index < -0.39 is 35.2 Å². The number of H-pyrrole nitrogens is 1. The highest BCUT2D eigenvalue weighted by atomic mass is 16.5. The molecule has 0 saturated heterocycles. The predicted octanol–water partition coefficient (Wildman–Crippen LogP) is 1.43. The van der Waals surface area contributed by atoms with Gasteiger partial charge >= 0.3 is 17.6 Å². The Hall–Kier alpha value is -3.62. The number of carbonyl (C=O) groups is 2. The number of fused-ring (bicyclic) bond motifs is 1. The number of hydrogen-bond donors (Lipinski definition) is 1. The van der Waals surface area contributed by atoms with E-state index in [1.54, 1.807) is 51.1 Å². The van der Waals surface area contributed by atoms with Crippen LogP contribution in [-0.4, -0.2) is 41.3 Å². The van der Waals surface area contributed by atoms with Gasteiger partial charge < -0.3 is 14.2 Å². The van der Waals surface area contributed by atoms with Crippen molar-refractivity contribution in [1.82, 2.24) is 9.55 Å². The van der Waals surface area contributed by atoms with Crippen molar-refractivity contribution >= 4 is 17.5 Å². The van der Waals surface area contributed by atoms with Gasteiger partial charge in [0.15, 0.2) is 0 Å². The van der Waals surface area contributed by atoms with Crippen LogP contribution in [0, 0.1) is 5.92 Å². The Morgan fingerprint density at radius 3 is 2.40 bits per heavy atom. The van der Waals surface area contributed by atoms with Gasteiger partial charge in [-0.3, -0.25) is 9.78 Å². The van der Waals surface area contributed by atoms with E-state index in [1.165, 1.54) is 7.11 Å². The molecule has 0 bridgehead atoms. The normalized spacial score (nSPS) is 18.1. The highest BCUT2D eigenvalue weighted by Gasteiger charge is 2.39. The van der Waals surface area contributed by atoms with Gasteiger partial charge in [0.25, 0.3) is 5.56 Å². The molecule has 9 nitrogen and oxygen atoms in total. The molecule has 2 atom stereocenters. The van der Waals surface area contributed by atoms with Gasteiger partial charge in [0.2, 0.25) is 5.88 Å². The zero-order valence-corrected chi connectivity index (χ0v) is 17.1. The summed E-state index contributed by atoms with van der Waals surface area (Å²) in [6.45, 7) is 4.95. The van der Waals surface area contributed by atoms with E-state index in [9.17, 15) is 19.2 Å². The topological polar surface area (TPSA) is 117 Å². The van der Waals surface area contributed by atoms with Crippen LogP contribution in [0.4, 0.5) is 0 Å². The molecule has 9 heteroatoms. The molecule has 0 amide bonds. The number of nitrogens with zero attached hydrogens (tertiary/aromatic N) is 1. The number of para-hydroxylation sites is 1. The second kappa shape index (κ2) is 8.40. The molecule has 0 fully saturated rings. The lowest BCUT2D eigenvalue weighted by Crippen LogP contribution is -2.37. The van der Waals surface area contributed by atoms with Crippen molar-refractivity contribution in [2.45, 2.75) is 26.9 Å². The minimum absolute atomic E-state index is 0.0210. The van der Waals surface area contributed by atoms with Gasteiger partial charge in [0, 0.05) is 5.92 Å². The predicted molar refractivity (Wildman–Crippen MR) is 107 cm³/mol. The Morgan fingerprint density at radius 1 is 1.13 bits per heavy atom. The van der Waals surface area contributed by atoms with Crippen molar-refractivity contribution < 1.29 is 23.8 Å². The molecule has 2 heterocycles. The number of benzene rings is 1. The fourth-order valence-electron chi connectivity index (χ4n) is 3.34. The van der Waals surface area contributed by atoms with E-state index in [-0.39, 0.29) is 29.2 Å². The summed E-state index contributed by atoms with van der Waals surface area (Å²) in [5, 5.41) is 0. The maximum absolute atomic E-state index is 13.4. The van der Waals surface area contributed by atoms with Crippen LogP contribution in [0.15, 0.2) is 45.5 Å². The zero-order chi connectivity index (χ0) is 22.0. The summed E-state index contributed by atoms with van der Waals surface area (Å²) in [7, 11) is 1.18. The lowest BCUT2D eigenvalue weighted by atomic mass is 9.90. The molecule has 1 aliphatic heterocycles. The van der Waals surface area contributed by atoms with E-state index in [1.807, 2.05) is 0 Å². The number of aromatic amines is 1. The van der Waals surface area contributed by atoms with Crippen LogP contribution in [-0.2, 0) is 19.1 Å². The van der Waals surface area contributed by atoms with E-state index in [0.29, 0.717) is 5.69 Å². The van der Waals surface area contributed by atoms with Crippen LogP contribution in [0.3, 0.4) is 0 Å². The zero-order valence-electron chi connectivity index (χ0n) is 17.1. The number of nitrogens with one attached hydrogen (secondary N) is 1. The molecule has 1 aromatic carbocycles. The highest BCUT2D eigenvalue weighted by Crippen LogP contribution is 2.35. The van der Waals surface area contributed by atoms with Crippen LogP contribution >= 0.6 is 0 Å². The van der Waals surface area contributed by atoms with Crippen LogP contribution in [0.1, 0.15) is 26.3 Å². The molecule has 2 unspecified atom stereocenters. The summed E-state index contributed by atoms with van der Waals surface area (Å²) in [5.41, 5.74) is -1.85. The molecule has 3 rings (SSSR count). The Labute approximate surface area is 171 Å². The van der Waals surface area contributed by atoms with Gasteiger partial charge in [0.05, 0.1) is 30.6 Å². The van der Waals surface area contributed by atoms with Gasteiger partial charge in [-0.15, -0.1) is 0 Å². The molecular formula is C21H22N2O7. The molecule has 1 aromatic heterocycles. The third-order valence-electron chi connectivity index (χ3n) is 4.95. The standard InChI is InChI=1S/C21H22N2O7/c1-5-29-20(26)15-14(19(25)28-4)11(2)12(3)30-17-16(15)18(24)23(21(27)22-17)13-9-7-6-8-10-13/h6-12H,5H2,1-4H3,(H,22,27). The number of ether oxygens (including phenoxy) is 3. The third-order valence-corrected chi connectivity index (χ3v) is 4.95. The van der Waals surface area contributed by atoms with Crippen LogP contribution in [0.5, 0.6) is 5.88 Å². The van der Waals surface area contributed by atoms with Crippen molar-refractivity contribution in [2.75, 3.05) is 13.7 Å². The van der Waals surface area contributed by atoms with Crippen LogP contribution in [0.2, 0.25) is 0 Å². The van der Waals surface area contributed by atoms with Gasteiger partial charge in [-0.2, -0.15) is 0 Å². The van der Waals surface area contributed by atoms with Gasteiger partial charge in [0.1, 0.15) is 11.7 Å². The van der Waals surface area contributed by atoms with Gasteiger partial charge in [-0.1, -0.05) is 25.1 Å². The first-order valence-electron chi connectivity index (χ1n) is 9.43. The quantitative estimate of drug-likeness (QED) is 0.752.